The molecular formula is C75H168B8O26Si2. The van der Waals surface area contributed by atoms with E-state index in [9.17, 15) is 0 Å². The highest BCUT2D eigenvalue weighted by atomic mass is 28.3. The van der Waals surface area contributed by atoms with Gasteiger partial charge in [0.05, 0.1) is 70.6 Å². The van der Waals surface area contributed by atoms with Crippen molar-refractivity contribution in [2.45, 2.75) is 342 Å². The van der Waals surface area contributed by atoms with Crippen LogP contribution < -0.4 is 0 Å². The number of methoxy groups -OCH3 is 10. The van der Waals surface area contributed by atoms with Gasteiger partial charge < -0.3 is 126 Å². The van der Waals surface area contributed by atoms with Gasteiger partial charge in [-0.3, -0.25) is 0 Å². The van der Waals surface area contributed by atoms with Crippen LogP contribution in [0.5, 0.6) is 0 Å². The maximum atomic E-state index is 8.74. The minimum atomic E-state index is -1.25. The lowest BCUT2D eigenvalue weighted by molar-refractivity contribution is 0.00578. The Kier molecular flexibility index (Phi) is 73.9. The maximum absolute atomic E-state index is 8.74. The van der Waals surface area contributed by atoms with E-state index in [-0.39, 0.29) is 79.4 Å². The molecule has 656 valence electrons. The molecule has 1 aromatic carbocycles. The highest BCUT2D eigenvalue weighted by Gasteiger charge is 2.52. The van der Waals surface area contributed by atoms with Crippen molar-refractivity contribution in [3.05, 3.63) is 35.9 Å². The van der Waals surface area contributed by atoms with Crippen LogP contribution in [-0.4, -0.2) is 285 Å². The molecule has 3 aliphatic heterocycles. The van der Waals surface area contributed by atoms with Crippen LogP contribution in [0.15, 0.2) is 30.3 Å². The van der Waals surface area contributed by atoms with Crippen LogP contribution in [0, 0.1) is 5.92 Å². The summed E-state index contributed by atoms with van der Waals surface area (Å²) in [6.07, 6.45) is 12.2. The second kappa shape index (κ2) is 67.9. The Morgan fingerprint density at radius 2 is 0.757 bits per heavy atom. The summed E-state index contributed by atoms with van der Waals surface area (Å²) in [5.74, 6) is 0.429. The molecule has 3 aliphatic rings. The molecule has 26 nitrogen and oxygen atoms in total. The average Bonchev–Trinajstić information content (AvgIpc) is 1.66. The molecule has 0 aromatic heterocycles. The molecular weight excluding hydrogens is 1460 g/mol. The zero-order valence-corrected chi connectivity index (χ0v) is 78.4. The van der Waals surface area contributed by atoms with E-state index in [2.05, 4.69) is 121 Å². The van der Waals surface area contributed by atoms with Crippen molar-refractivity contribution >= 4 is 73.1 Å². The first-order chi connectivity index (χ1) is 51.2. The first-order valence-corrected chi connectivity index (χ1v) is 47.3. The molecule has 5 atom stereocenters. The molecule has 0 saturated carbocycles. The Balaban J connectivity index is -0.000000277. The van der Waals surface area contributed by atoms with Gasteiger partial charge in [0.1, 0.15) is 0 Å². The van der Waals surface area contributed by atoms with Gasteiger partial charge in [-0.15, -0.1) is 0 Å². The van der Waals surface area contributed by atoms with Gasteiger partial charge in [-0.1, -0.05) is 109 Å². The molecule has 0 spiro atoms. The van der Waals surface area contributed by atoms with E-state index in [1.807, 2.05) is 71.9 Å². The molecule has 5 unspecified atom stereocenters. The van der Waals surface area contributed by atoms with E-state index in [0.717, 1.165) is 44.3 Å². The van der Waals surface area contributed by atoms with Crippen LogP contribution >= 0.6 is 0 Å². The summed E-state index contributed by atoms with van der Waals surface area (Å²) in [4.78, 5) is 0. The van der Waals surface area contributed by atoms with Crippen molar-refractivity contribution < 1.29 is 126 Å². The molecule has 0 amide bonds. The van der Waals surface area contributed by atoms with Gasteiger partial charge in [0, 0.05) is 120 Å². The summed E-state index contributed by atoms with van der Waals surface area (Å²) in [7, 11) is 8.67. The van der Waals surface area contributed by atoms with E-state index < -0.39 is 51.7 Å². The average molecular weight is 1630 g/mol. The first kappa shape index (κ1) is 121. The molecule has 3 saturated heterocycles. The van der Waals surface area contributed by atoms with Gasteiger partial charge in [-0.05, 0) is 204 Å². The molecule has 0 radical (unpaired) electrons. The minimum absolute atomic E-state index is 0.0574. The van der Waals surface area contributed by atoms with Gasteiger partial charge in [-0.2, -0.15) is 0 Å². The van der Waals surface area contributed by atoms with Crippen molar-refractivity contribution in [1.82, 2.24) is 0 Å². The van der Waals surface area contributed by atoms with Crippen LogP contribution in [0.2, 0.25) is 95.1 Å². The van der Waals surface area contributed by atoms with Crippen molar-refractivity contribution in [1.29, 1.82) is 0 Å². The number of rotatable bonds is 41. The van der Waals surface area contributed by atoms with Crippen LogP contribution in [0.4, 0.5) is 0 Å². The SMILES string of the molecule is CCC(CCB(O)O)OC.CC[Si](C)(C)CCCOC.COC(C)CCB(O)O.COC(C)CC[Si](C)(C)C.COC(CCB(O)O)C(C)C.COC(CCB(O)O)c1ccccc1.COCB1OC(C)(C)C(C)(C)O1.COCCB1OC(C)(C)C(C)(C)O1.COCCCB(O)O.COCCCB1OC(C)(C)C(C)(C)O1. The molecule has 0 bridgehead atoms. The topological polar surface area (TPSA) is 350 Å². The van der Waals surface area contributed by atoms with Gasteiger partial charge in [-0.25, -0.2) is 0 Å². The fourth-order valence-corrected chi connectivity index (χ4v) is 12.5. The van der Waals surface area contributed by atoms with E-state index >= 15 is 0 Å². The fourth-order valence-electron chi connectivity index (χ4n) is 9.73. The maximum Gasteiger partial charge on any atom is 0.485 e. The van der Waals surface area contributed by atoms with Crippen LogP contribution in [-0.2, 0) is 75.3 Å². The zero-order chi connectivity index (χ0) is 87.5. The van der Waals surface area contributed by atoms with E-state index in [1.165, 1.54) is 31.0 Å². The minimum Gasteiger partial charge on any atom is -0.427 e. The number of benzene rings is 1. The van der Waals surface area contributed by atoms with E-state index in [0.29, 0.717) is 95.4 Å². The Labute approximate surface area is 682 Å². The summed E-state index contributed by atoms with van der Waals surface area (Å²) in [6.45, 7) is 52.7. The monoisotopic (exact) mass is 1630 g/mol. The van der Waals surface area contributed by atoms with Crippen LogP contribution in [0.25, 0.3) is 0 Å². The van der Waals surface area contributed by atoms with Gasteiger partial charge >= 0.3 is 56.9 Å². The normalized spacial score (nSPS) is 17.2. The lowest BCUT2D eigenvalue weighted by atomic mass is 9.81. The van der Waals surface area contributed by atoms with Crippen LogP contribution in [0.1, 0.15) is 194 Å². The molecule has 10 N–H and O–H groups in total. The number of hydrogen-bond donors (Lipinski definition) is 10. The molecule has 4 rings (SSSR count). The molecule has 3 heterocycles. The summed E-state index contributed by atoms with van der Waals surface area (Å²) in [6, 6.07) is 14.0. The Hall–Kier alpha value is -0.867. The third-order valence-electron chi connectivity index (χ3n) is 19.9. The highest BCUT2D eigenvalue weighted by Crippen LogP contribution is 2.40. The summed E-state index contributed by atoms with van der Waals surface area (Å²) in [5, 5.41) is 85.0. The van der Waals surface area contributed by atoms with Crippen molar-refractivity contribution in [3.63, 3.8) is 0 Å². The smallest absolute Gasteiger partial charge is 0.427 e. The number of hydrogen-bond acceptors (Lipinski definition) is 26. The third kappa shape index (κ3) is 67.6. The summed E-state index contributed by atoms with van der Waals surface area (Å²) < 4.78 is 84.6. The number of ether oxygens (including phenoxy) is 10. The molecule has 0 aliphatic carbocycles. The zero-order valence-electron chi connectivity index (χ0n) is 76.4. The van der Waals surface area contributed by atoms with E-state index in [4.69, 9.17) is 121 Å². The van der Waals surface area contributed by atoms with Crippen molar-refractivity contribution in [2.75, 3.05) is 104 Å². The Morgan fingerprint density at radius 1 is 0.387 bits per heavy atom. The van der Waals surface area contributed by atoms with Gasteiger partial charge in [0.2, 0.25) is 0 Å². The van der Waals surface area contributed by atoms with Crippen LogP contribution in [0.3, 0.4) is 0 Å². The molecule has 36 heteroatoms. The lowest BCUT2D eigenvalue weighted by Gasteiger charge is -2.32. The first-order valence-electron chi connectivity index (χ1n) is 40.2. The standard InChI is InChI=1S/C10H21BO3.C10H15BO3.C9H19BO3.C8H17BO3.2C8H20OSi.C7H17BO3.C6H15BO3.C5H13BO3.C4H11BO3/c1-9(2)10(3,4)14-11(13-9)7-6-8-12-5;1-14-10(7-8-11(12)13)9-5-3-2-4-6-9;1-8(2)9(3,4)13-10(12-8)6-7-11-5;1-7(2)8(3,4)12-9(11-7)6-10-5;1-8(9-2)6-7-10(3,4)5;1-5-10(3,4)8-6-7-9-2;1-6(2)7(11-3)4-5-8(9)10;1-3-6(10-2)4-5-7(8)9;1-5(9-2)3-4-6(7)8;1-8-4-2-3-5(6)7/h6-8H2,1-5H3;2-6,10,12-13H,7-8H2,1H3;6-7H2,1-5H3;6H2,1-5H3;8H,6-7H2,1-5H3;5-8H2,1-4H3;6-7,9-10H,4-5H2,1-3H3;6,8-9H,3-5H2,1-2H3;5,7-8H,3-4H2,1-2H3;6-7H,2-4H2,1H3. The van der Waals surface area contributed by atoms with Gasteiger partial charge in [0.25, 0.3) is 0 Å². The molecule has 111 heavy (non-hydrogen) atoms. The predicted octanol–water partition coefficient (Wildman–Crippen LogP) is 12.0. The highest BCUT2D eigenvalue weighted by molar-refractivity contribution is 6.77. The second-order valence-corrected chi connectivity index (χ2v) is 44.7. The third-order valence-corrected chi connectivity index (χ3v) is 25.3. The van der Waals surface area contributed by atoms with Crippen molar-refractivity contribution in [3.8, 4) is 0 Å². The van der Waals surface area contributed by atoms with E-state index in [1.54, 1.807) is 71.1 Å². The summed E-state index contributed by atoms with van der Waals surface area (Å²) in [5.41, 5.74) is -0.255. The second-order valence-electron chi connectivity index (χ2n) is 33.5. The quantitative estimate of drug-likeness (QED) is 0.0215. The Bertz CT molecular complexity index is 2160. The molecule has 1 aromatic rings. The molecule has 3 fully saturated rings. The van der Waals surface area contributed by atoms with Crippen molar-refractivity contribution in [2.24, 2.45) is 5.92 Å². The van der Waals surface area contributed by atoms with Gasteiger partial charge in [0.15, 0.2) is 0 Å². The Morgan fingerprint density at radius 3 is 1.10 bits per heavy atom. The summed E-state index contributed by atoms with van der Waals surface area (Å²) >= 11 is 0. The fraction of sp³-hybridized carbons (Fsp3) is 0.920. The predicted molar refractivity (Wildman–Crippen MR) is 466 cm³/mol. The lowest BCUT2D eigenvalue weighted by Crippen LogP contribution is -2.41. The largest absolute Gasteiger partial charge is 0.485 e.